The second kappa shape index (κ2) is 6.03. The van der Waals surface area contributed by atoms with Crippen LogP contribution < -0.4 is 5.32 Å². The van der Waals surface area contributed by atoms with Gasteiger partial charge in [-0.3, -0.25) is 9.48 Å². The molecule has 2 aromatic heterocycles. The first kappa shape index (κ1) is 15.2. The number of aromatic nitrogens is 4. The van der Waals surface area contributed by atoms with Crippen molar-refractivity contribution in [2.75, 3.05) is 5.32 Å². The fourth-order valence-corrected chi connectivity index (χ4v) is 1.86. The first-order valence-corrected chi connectivity index (χ1v) is 6.96. The third-order valence-corrected chi connectivity index (χ3v) is 3.10. The van der Waals surface area contributed by atoms with E-state index in [-0.39, 0.29) is 11.3 Å². The van der Waals surface area contributed by atoms with Crippen LogP contribution in [-0.2, 0) is 23.7 Å². The lowest BCUT2D eigenvalue weighted by atomic mass is 9.92. The molecule has 0 saturated heterocycles. The van der Waals surface area contributed by atoms with Crippen LogP contribution in [0.1, 0.15) is 38.4 Å². The van der Waals surface area contributed by atoms with Gasteiger partial charge in [-0.05, 0) is 24.1 Å². The number of hydrogen-bond acceptors (Lipinski definition) is 4. The summed E-state index contributed by atoms with van der Waals surface area (Å²) in [5, 5.41) is 15.0. The molecule has 2 aromatic rings. The molecule has 0 atom stereocenters. The third-order valence-electron chi connectivity index (χ3n) is 3.10. The Morgan fingerprint density at radius 3 is 2.57 bits per heavy atom. The van der Waals surface area contributed by atoms with Crippen molar-refractivity contribution in [2.45, 2.75) is 39.0 Å². The average Bonchev–Trinajstić information content (AvgIpc) is 2.82. The molecule has 0 unspecified atom stereocenters. The zero-order chi connectivity index (χ0) is 15.5. The van der Waals surface area contributed by atoms with Crippen LogP contribution >= 0.6 is 0 Å². The predicted octanol–water partition coefficient (Wildman–Crippen LogP) is 2.08. The van der Waals surface area contributed by atoms with E-state index in [1.807, 2.05) is 19.3 Å². The standard InChI is InChI=1S/C15H21N5O/c1-15(2,3)12-6-7-13(19-18-12)17-14(21)8-5-11-9-16-20(4)10-11/h6-7,9-10H,5,8H2,1-4H3,(H,17,19,21). The third kappa shape index (κ3) is 4.37. The minimum Gasteiger partial charge on any atom is -0.309 e. The van der Waals surface area contributed by atoms with Gasteiger partial charge in [-0.2, -0.15) is 10.2 Å². The Morgan fingerprint density at radius 2 is 2.05 bits per heavy atom. The molecule has 0 aromatic carbocycles. The Morgan fingerprint density at radius 1 is 1.29 bits per heavy atom. The van der Waals surface area contributed by atoms with Gasteiger partial charge >= 0.3 is 0 Å². The number of aryl methyl sites for hydroxylation is 2. The SMILES string of the molecule is Cn1cc(CCC(=O)Nc2ccc(C(C)(C)C)nn2)cn1. The van der Waals surface area contributed by atoms with Crippen LogP contribution in [0.2, 0.25) is 0 Å². The molecule has 6 nitrogen and oxygen atoms in total. The van der Waals surface area contributed by atoms with E-state index in [1.54, 1.807) is 16.9 Å². The van der Waals surface area contributed by atoms with Crippen LogP contribution in [0.5, 0.6) is 0 Å². The summed E-state index contributed by atoms with van der Waals surface area (Å²) < 4.78 is 1.73. The summed E-state index contributed by atoms with van der Waals surface area (Å²) in [6, 6.07) is 3.68. The molecule has 2 heterocycles. The van der Waals surface area contributed by atoms with Crippen LogP contribution in [0.4, 0.5) is 5.82 Å². The van der Waals surface area contributed by atoms with Crippen molar-refractivity contribution < 1.29 is 4.79 Å². The number of carbonyl (C=O) groups excluding carboxylic acids is 1. The van der Waals surface area contributed by atoms with E-state index in [2.05, 4.69) is 41.4 Å². The molecule has 1 amide bonds. The highest BCUT2D eigenvalue weighted by atomic mass is 16.1. The fraction of sp³-hybridized carbons (Fsp3) is 0.467. The Labute approximate surface area is 124 Å². The summed E-state index contributed by atoms with van der Waals surface area (Å²) in [5.74, 6) is 0.413. The maximum absolute atomic E-state index is 11.9. The molecule has 0 spiro atoms. The van der Waals surface area contributed by atoms with Crippen molar-refractivity contribution in [3.05, 3.63) is 35.8 Å². The molecule has 112 valence electrons. The molecule has 0 aliphatic rings. The molecule has 0 fully saturated rings. The zero-order valence-corrected chi connectivity index (χ0v) is 12.9. The maximum Gasteiger partial charge on any atom is 0.225 e. The van der Waals surface area contributed by atoms with Crippen LogP contribution in [0.3, 0.4) is 0 Å². The number of anilines is 1. The minimum absolute atomic E-state index is 0.0458. The van der Waals surface area contributed by atoms with E-state index in [4.69, 9.17) is 0 Å². The van der Waals surface area contributed by atoms with E-state index >= 15 is 0 Å². The fourth-order valence-electron chi connectivity index (χ4n) is 1.86. The molecule has 6 heteroatoms. The highest BCUT2D eigenvalue weighted by Gasteiger charge is 2.16. The van der Waals surface area contributed by atoms with E-state index in [9.17, 15) is 4.79 Å². The van der Waals surface area contributed by atoms with Crippen molar-refractivity contribution in [2.24, 2.45) is 7.05 Å². The van der Waals surface area contributed by atoms with Gasteiger partial charge in [0.15, 0.2) is 5.82 Å². The summed E-state index contributed by atoms with van der Waals surface area (Å²) in [6.45, 7) is 6.22. The van der Waals surface area contributed by atoms with Gasteiger partial charge in [0.1, 0.15) is 0 Å². The van der Waals surface area contributed by atoms with Crippen molar-refractivity contribution in [1.29, 1.82) is 0 Å². The topological polar surface area (TPSA) is 72.7 Å². The lowest BCUT2D eigenvalue weighted by Crippen LogP contribution is -2.17. The van der Waals surface area contributed by atoms with E-state index in [0.29, 0.717) is 18.7 Å². The smallest absolute Gasteiger partial charge is 0.225 e. The summed E-state index contributed by atoms with van der Waals surface area (Å²) in [4.78, 5) is 11.9. The molecule has 1 N–H and O–H groups in total. The van der Waals surface area contributed by atoms with Crippen molar-refractivity contribution >= 4 is 11.7 Å². The van der Waals surface area contributed by atoms with Crippen LogP contribution in [-0.4, -0.2) is 25.9 Å². The molecule has 0 radical (unpaired) electrons. The quantitative estimate of drug-likeness (QED) is 0.934. The normalized spacial score (nSPS) is 11.4. The molecule has 0 bridgehead atoms. The first-order valence-electron chi connectivity index (χ1n) is 6.96. The van der Waals surface area contributed by atoms with E-state index in [0.717, 1.165) is 11.3 Å². The molecular weight excluding hydrogens is 266 g/mol. The predicted molar refractivity (Wildman–Crippen MR) is 80.9 cm³/mol. The molecule has 2 rings (SSSR count). The van der Waals surface area contributed by atoms with Gasteiger partial charge in [0.25, 0.3) is 0 Å². The molecular formula is C15H21N5O. The van der Waals surface area contributed by atoms with Gasteiger partial charge in [-0.1, -0.05) is 20.8 Å². The van der Waals surface area contributed by atoms with Crippen LogP contribution in [0, 0.1) is 0 Å². The van der Waals surface area contributed by atoms with Gasteiger partial charge in [-0.25, -0.2) is 0 Å². The largest absolute Gasteiger partial charge is 0.309 e. The monoisotopic (exact) mass is 287 g/mol. The number of carbonyl (C=O) groups is 1. The summed E-state index contributed by atoms with van der Waals surface area (Å²) in [7, 11) is 1.86. The molecule has 21 heavy (non-hydrogen) atoms. The summed E-state index contributed by atoms with van der Waals surface area (Å²) in [5.41, 5.74) is 1.90. The Hall–Kier alpha value is -2.24. The number of nitrogens with zero attached hydrogens (tertiary/aromatic N) is 4. The van der Waals surface area contributed by atoms with Crippen molar-refractivity contribution in [3.63, 3.8) is 0 Å². The highest BCUT2D eigenvalue weighted by molar-refractivity contribution is 5.89. The van der Waals surface area contributed by atoms with Gasteiger partial charge in [-0.15, -0.1) is 5.10 Å². The molecule has 0 saturated carbocycles. The number of amides is 1. The number of rotatable bonds is 4. The second-order valence-electron chi connectivity index (χ2n) is 6.12. The lowest BCUT2D eigenvalue weighted by Gasteiger charge is -2.16. The van der Waals surface area contributed by atoms with Crippen molar-refractivity contribution in [3.8, 4) is 0 Å². The molecule has 0 aliphatic carbocycles. The summed E-state index contributed by atoms with van der Waals surface area (Å²) >= 11 is 0. The van der Waals surface area contributed by atoms with E-state index < -0.39 is 0 Å². The number of nitrogens with one attached hydrogen (secondary N) is 1. The molecule has 0 aliphatic heterocycles. The average molecular weight is 287 g/mol. The summed E-state index contributed by atoms with van der Waals surface area (Å²) in [6.07, 6.45) is 4.73. The van der Waals surface area contributed by atoms with Gasteiger partial charge in [0.05, 0.1) is 11.9 Å². The Balaban J connectivity index is 1.88. The highest BCUT2D eigenvalue weighted by Crippen LogP contribution is 2.19. The van der Waals surface area contributed by atoms with E-state index in [1.165, 1.54) is 0 Å². The van der Waals surface area contributed by atoms with Crippen LogP contribution in [0.25, 0.3) is 0 Å². The van der Waals surface area contributed by atoms with Gasteiger partial charge in [0, 0.05) is 25.1 Å². The second-order valence-corrected chi connectivity index (χ2v) is 6.12. The maximum atomic E-state index is 11.9. The first-order chi connectivity index (χ1) is 9.84. The Kier molecular flexibility index (Phi) is 4.35. The number of hydrogen-bond donors (Lipinski definition) is 1. The minimum atomic E-state index is -0.0725. The Bertz CT molecular complexity index is 610. The lowest BCUT2D eigenvalue weighted by molar-refractivity contribution is -0.116. The van der Waals surface area contributed by atoms with Gasteiger partial charge < -0.3 is 5.32 Å². The van der Waals surface area contributed by atoms with Crippen molar-refractivity contribution in [1.82, 2.24) is 20.0 Å². The zero-order valence-electron chi connectivity index (χ0n) is 12.9. The van der Waals surface area contributed by atoms with Gasteiger partial charge in [0.2, 0.25) is 5.91 Å². The van der Waals surface area contributed by atoms with Crippen LogP contribution in [0.15, 0.2) is 24.5 Å².